The molecule has 0 bridgehead atoms. The molecule has 0 fully saturated rings. The number of hydrogen-bond acceptors (Lipinski definition) is 5. The molecule has 0 aliphatic heterocycles. The van der Waals surface area contributed by atoms with Gasteiger partial charge in [-0.05, 0) is 55.0 Å². The summed E-state index contributed by atoms with van der Waals surface area (Å²) in [6.45, 7) is 1.95. The topological polar surface area (TPSA) is 55.7 Å². The molecule has 0 aliphatic rings. The zero-order valence-corrected chi connectivity index (χ0v) is 16.9. The van der Waals surface area contributed by atoms with Crippen molar-refractivity contribution in [3.63, 3.8) is 0 Å². The minimum absolute atomic E-state index is 0.232. The Morgan fingerprint density at radius 1 is 0.793 bits per heavy atom. The molecular formula is C24H21NO3S. The maximum absolute atomic E-state index is 12.8. The smallest absolute Gasteiger partial charge is 0.312 e. The lowest BCUT2D eigenvalue weighted by atomic mass is 10.0. The molecule has 146 valence electrons. The third-order valence-electron chi connectivity index (χ3n) is 4.09. The second-order valence-corrected chi connectivity index (χ2v) is 7.45. The van der Waals surface area contributed by atoms with Crippen LogP contribution in [-0.2, 0) is 4.84 Å². The van der Waals surface area contributed by atoms with Gasteiger partial charge in [0, 0.05) is 15.4 Å². The van der Waals surface area contributed by atoms with Gasteiger partial charge in [-0.1, -0.05) is 66.7 Å². The first kappa shape index (κ1) is 20.6. The van der Waals surface area contributed by atoms with E-state index in [4.69, 9.17) is 4.84 Å². The lowest BCUT2D eigenvalue weighted by molar-refractivity contribution is 0.0514. The number of carbonyl (C=O) groups excluding carboxylic acids is 2. The van der Waals surface area contributed by atoms with Crippen LogP contribution < -0.4 is 0 Å². The zero-order chi connectivity index (χ0) is 20.5. The molecule has 0 aromatic heterocycles. The molecule has 0 saturated carbocycles. The predicted molar refractivity (Wildman–Crippen MR) is 116 cm³/mol. The van der Waals surface area contributed by atoms with E-state index in [9.17, 15) is 9.59 Å². The fourth-order valence-corrected chi connectivity index (χ4v) is 3.46. The van der Waals surface area contributed by atoms with Gasteiger partial charge >= 0.3 is 5.97 Å². The quantitative estimate of drug-likeness (QED) is 0.199. The van der Waals surface area contributed by atoms with Crippen LogP contribution in [0.4, 0.5) is 0 Å². The second-order valence-electron chi connectivity index (χ2n) is 6.30. The van der Waals surface area contributed by atoms with E-state index in [1.807, 2.05) is 55.5 Å². The van der Waals surface area contributed by atoms with Gasteiger partial charge in [0.1, 0.15) is 5.71 Å². The first-order valence-electron chi connectivity index (χ1n) is 9.38. The van der Waals surface area contributed by atoms with Gasteiger partial charge in [-0.2, -0.15) is 0 Å². The van der Waals surface area contributed by atoms with E-state index in [2.05, 4.69) is 5.16 Å². The molecule has 0 saturated heterocycles. The Labute approximate surface area is 174 Å². The van der Waals surface area contributed by atoms with Gasteiger partial charge < -0.3 is 4.84 Å². The van der Waals surface area contributed by atoms with E-state index in [0.29, 0.717) is 17.5 Å². The van der Waals surface area contributed by atoms with Gasteiger partial charge in [0.25, 0.3) is 0 Å². The van der Waals surface area contributed by atoms with Crippen molar-refractivity contribution >= 4 is 29.2 Å². The van der Waals surface area contributed by atoms with Crippen LogP contribution in [-0.4, -0.2) is 17.5 Å². The maximum Gasteiger partial charge on any atom is 0.365 e. The maximum atomic E-state index is 12.8. The molecule has 0 heterocycles. The number of carbonyl (C=O) groups is 2. The van der Waals surface area contributed by atoms with Crippen molar-refractivity contribution in [2.24, 2.45) is 5.16 Å². The molecule has 0 N–H and O–H groups in total. The van der Waals surface area contributed by atoms with Crippen LogP contribution in [0.25, 0.3) is 0 Å². The lowest BCUT2D eigenvalue weighted by Gasteiger charge is -2.06. The molecule has 29 heavy (non-hydrogen) atoms. The summed E-state index contributed by atoms with van der Waals surface area (Å²) in [6.07, 6.45) is 1.15. The summed E-state index contributed by atoms with van der Waals surface area (Å²) in [6, 6.07) is 26.0. The van der Waals surface area contributed by atoms with Crippen molar-refractivity contribution in [1.82, 2.24) is 0 Å². The summed E-state index contributed by atoms with van der Waals surface area (Å²) in [7, 11) is 0. The first-order valence-corrected chi connectivity index (χ1v) is 10.2. The summed E-state index contributed by atoms with van der Waals surface area (Å²) in [5.74, 6) is -0.814. The molecular weight excluding hydrogens is 382 g/mol. The Hall–Kier alpha value is -3.18. The van der Waals surface area contributed by atoms with Gasteiger partial charge in [0.05, 0.1) is 5.56 Å². The highest BCUT2D eigenvalue weighted by Gasteiger charge is 2.16. The van der Waals surface area contributed by atoms with Crippen LogP contribution in [0.2, 0.25) is 0 Å². The average Bonchev–Trinajstić information content (AvgIpc) is 2.78. The average molecular weight is 404 g/mol. The van der Waals surface area contributed by atoms with E-state index in [1.54, 1.807) is 48.2 Å². The number of rotatable bonds is 8. The van der Waals surface area contributed by atoms with Crippen molar-refractivity contribution in [2.45, 2.75) is 29.6 Å². The SMILES string of the molecule is CCCC(=NOC(=O)c1ccccc1)C(=O)c1ccc(Sc2ccccc2)cc1. The van der Waals surface area contributed by atoms with Gasteiger partial charge in [0.15, 0.2) is 0 Å². The molecule has 4 nitrogen and oxygen atoms in total. The fourth-order valence-electron chi connectivity index (χ4n) is 2.63. The van der Waals surface area contributed by atoms with Crippen LogP contribution in [0.1, 0.15) is 40.5 Å². The first-order chi connectivity index (χ1) is 14.2. The van der Waals surface area contributed by atoms with E-state index in [-0.39, 0.29) is 11.5 Å². The Morgan fingerprint density at radius 3 is 2.00 bits per heavy atom. The summed E-state index contributed by atoms with van der Waals surface area (Å²) < 4.78 is 0. The molecule has 0 spiro atoms. The zero-order valence-electron chi connectivity index (χ0n) is 16.1. The number of oxime groups is 1. The Morgan fingerprint density at radius 2 is 1.38 bits per heavy atom. The Balaban J connectivity index is 1.70. The van der Waals surface area contributed by atoms with E-state index in [1.165, 1.54) is 0 Å². The van der Waals surface area contributed by atoms with Crippen LogP contribution in [0.15, 0.2) is 99.9 Å². The molecule has 3 aromatic carbocycles. The van der Waals surface area contributed by atoms with Crippen molar-refractivity contribution in [3.8, 4) is 0 Å². The van der Waals surface area contributed by atoms with E-state index >= 15 is 0 Å². The van der Waals surface area contributed by atoms with E-state index < -0.39 is 5.97 Å². The molecule has 0 amide bonds. The number of benzene rings is 3. The third kappa shape index (κ3) is 5.90. The van der Waals surface area contributed by atoms with E-state index in [0.717, 1.165) is 16.2 Å². The fraction of sp³-hybridized carbons (Fsp3) is 0.125. The normalized spacial score (nSPS) is 11.1. The Bertz CT molecular complexity index is 984. The summed E-state index contributed by atoms with van der Waals surface area (Å²) in [5, 5.41) is 3.87. The Kier molecular flexibility index (Phi) is 7.36. The van der Waals surface area contributed by atoms with Gasteiger partial charge in [-0.3, -0.25) is 4.79 Å². The van der Waals surface area contributed by atoms with Crippen molar-refractivity contribution < 1.29 is 14.4 Å². The van der Waals surface area contributed by atoms with Crippen molar-refractivity contribution in [3.05, 3.63) is 96.1 Å². The van der Waals surface area contributed by atoms with Gasteiger partial charge in [-0.15, -0.1) is 0 Å². The number of Topliss-reactive ketones (excluding diaryl/α,β-unsaturated/α-hetero) is 1. The molecule has 0 atom stereocenters. The predicted octanol–water partition coefficient (Wildman–Crippen LogP) is 6.03. The standard InChI is InChI=1S/C24H21NO3S/c1-2-9-22(25-28-24(27)19-10-5-3-6-11-19)23(26)18-14-16-21(17-15-18)29-20-12-7-4-8-13-20/h3-8,10-17H,2,9H2,1H3. The highest BCUT2D eigenvalue weighted by molar-refractivity contribution is 7.99. The molecule has 0 radical (unpaired) electrons. The summed E-state index contributed by atoms with van der Waals surface area (Å²) >= 11 is 1.63. The molecule has 5 heteroatoms. The minimum atomic E-state index is -0.582. The van der Waals surface area contributed by atoms with Crippen LogP contribution >= 0.6 is 11.8 Å². The van der Waals surface area contributed by atoms with Crippen molar-refractivity contribution in [1.29, 1.82) is 0 Å². The second kappa shape index (κ2) is 10.4. The summed E-state index contributed by atoms with van der Waals surface area (Å²) in [4.78, 5) is 32.1. The van der Waals surface area contributed by atoms with Crippen molar-refractivity contribution in [2.75, 3.05) is 0 Å². The molecule has 0 unspecified atom stereocenters. The highest BCUT2D eigenvalue weighted by atomic mass is 32.2. The van der Waals surface area contributed by atoms with Crippen LogP contribution in [0.3, 0.4) is 0 Å². The third-order valence-corrected chi connectivity index (χ3v) is 5.11. The lowest BCUT2D eigenvalue weighted by Crippen LogP contribution is -2.16. The highest BCUT2D eigenvalue weighted by Crippen LogP contribution is 2.27. The van der Waals surface area contributed by atoms with Gasteiger partial charge in [0.2, 0.25) is 5.78 Å². The molecule has 3 rings (SSSR count). The molecule has 0 aliphatic carbocycles. The minimum Gasteiger partial charge on any atom is -0.312 e. The van der Waals surface area contributed by atoms with Gasteiger partial charge in [-0.25, -0.2) is 4.79 Å². The molecule has 3 aromatic rings. The number of hydrogen-bond donors (Lipinski definition) is 0. The number of nitrogens with zero attached hydrogens (tertiary/aromatic N) is 1. The summed E-state index contributed by atoms with van der Waals surface area (Å²) in [5.41, 5.74) is 1.15. The monoisotopic (exact) mass is 403 g/mol. The number of ketones is 1. The van der Waals surface area contributed by atoms with Crippen LogP contribution in [0, 0.1) is 0 Å². The largest absolute Gasteiger partial charge is 0.365 e. The van der Waals surface area contributed by atoms with Crippen LogP contribution in [0.5, 0.6) is 0 Å².